The first-order valence-corrected chi connectivity index (χ1v) is 5.83. The average molecular weight is 269 g/mol. The summed E-state index contributed by atoms with van der Waals surface area (Å²) in [5.41, 5.74) is 2.99. The smallest absolute Gasteiger partial charge is 0.163 e. The van der Waals surface area contributed by atoms with Gasteiger partial charge in [0.1, 0.15) is 5.75 Å². The molecule has 3 heteroatoms. The van der Waals surface area contributed by atoms with Gasteiger partial charge in [-0.1, -0.05) is 0 Å². The average Bonchev–Trinajstić information content (AvgIpc) is 2.17. The van der Waals surface area contributed by atoms with E-state index in [1.807, 2.05) is 13.0 Å². The van der Waals surface area contributed by atoms with Crippen molar-refractivity contribution in [2.45, 2.75) is 26.2 Å². The van der Waals surface area contributed by atoms with Crippen molar-refractivity contribution in [1.82, 2.24) is 0 Å². The van der Waals surface area contributed by atoms with Gasteiger partial charge in [-0.05, 0) is 47.3 Å². The third kappa shape index (κ3) is 1.69. The van der Waals surface area contributed by atoms with Crippen LogP contribution in [0.25, 0.3) is 0 Å². The van der Waals surface area contributed by atoms with Gasteiger partial charge in [-0.15, -0.1) is 0 Å². The molecule has 0 aliphatic heterocycles. The van der Waals surface area contributed by atoms with E-state index in [1.54, 1.807) is 7.11 Å². The second kappa shape index (κ2) is 3.97. The summed E-state index contributed by atoms with van der Waals surface area (Å²) in [6.45, 7) is 1.95. The van der Waals surface area contributed by atoms with Crippen molar-refractivity contribution in [3.63, 3.8) is 0 Å². The van der Waals surface area contributed by atoms with Crippen molar-refractivity contribution in [2.75, 3.05) is 7.11 Å². The number of carbonyl (C=O) groups excluding carboxylic acids is 1. The minimum Gasteiger partial charge on any atom is -0.495 e. The zero-order valence-corrected chi connectivity index (χ0v) is 10.5. The van der Waals surface area contributed by atoms with Crippen molar-refractivity contribution in [1.29, 1.82) is 0 Å². The second-order valence-electron chi connectivity index (χ2n) is 3.83. The van der Waals surface area contributed by atoms with E-state index >= 15 is 0 Å². The summed E-state index contributed by atoms with van der Waals surface area (Å²) < 4.78 is 6.23. The summed E-state index contributed by atoms with van der Waals surface area (Å²) in [5.74, 6) is 1.03. The molecule has 0 heterocycles. The third-order valence-corrected chi connectivity index (χ3v) is 3.48. The van der Waals surface area contributed by atoms with Crippen molar-refractivity contribution < 1.29 is 9.53 Å². The van der Waals surface area contributed by atoms with Gasteiger partial charge in [0, 0.05) is 17.5 Å². The molecule has 0 amide bonds. The van der Waals surface area contributed by atoms with Crippen LogP contribution in [0, 0.1) is 6.92 Å². The van der Waals surface area contributed by atoms with E-state index in [1.165, 1.54) is 0 Å². The number of halogens is 1. The number of rotatable bonds is 1. The molecule has 0 atom stereocenters. The number of ketones is 1. The van der Waals surface area contributed by atoms with Crippen LogP contribution in [0.15, 0.2) is 10.5 Å². The number of methoxy groups -OCH3 is 1. The first-order chi connectivity index (χ1) is 7.15. The highest BCUT2D eigenvalue weighted by Gasteiger charge is 2.22. The van der Waals surface area contributed by atoms with Crippen LogP contribution in [0.3, 0.4) is 0 Å². The van der Waals surface area contributed by atoms with Gasteiger partial charge >= 0.3 is 0 Å². The Balaban J connectivity index is 2.67. The molecule has 0 spiro atoms. The minimum atomic E-state index is 0.250. The first kappa shape index (κ1) is 10.7. The Hall–Kier alpha value is -0.830. The molecule has 0 fully saturated rings. The Morgan fingerprint density at radius 3 is 2.80 bits per heavy atom. The molecule has 1 aliphatic carbocycles. The summed E-state index contributed by atoms with van der Waals surface area (Å²) >= 11 is 3.47. The third-order valence-electron chi connectivity index (χ3n) is 2.89. The van der Waals surface area contributed by atoms with Crippen molar-refractivity contribution >= 4 is 21.7 Å². The van der Waals surface area contributed by atoms with Crippen LogP contribution in [0.2, 0.25) is 0 Å². The lowest BCUT2D eigenvalue weighted by Crippen LogP contribution is -2.13. The number of fused-ring (bicyclic) bond motifs is 1. The molecule has 2 rings (SSSR count). The van der Waals surface area contributed by atoms with Gasteiger partial charge in [-0.2, -0.15) is 0 Å². The predicted molar refractivity (Wildman–Crippen MR) is 62.7 cm³/mol. The second-order valence-corrected chi connectivity index (χ2v) is 4.68. The summed E-state index contributed by atoms with van der Waals surface area (Å²) in [7, 11) is 1.63. The number of hydrogen-bond donors (Lipinski definition) is 0. The van der Waals surface area contributed by atoms with E-state index in [2.05, 4.69) is 15.9 Å². The molecule has 1 aliphatic rings. The maximum absolute atomic E-state index is 11.8. The lowest BCUT2D eigenvalue weighted by molar-refractivity contribution is 0.0971. The molecule has 15 heavy (non-hydrogen) atoms. The molecular formula is C12H13BrO2. The predicted octanol–water partition coefficient (Wildman–Crippen LogP) is 3.29. The van der Waals surface area contributed by atoms with Crippen LogP contribution in [0.1, 0.15) is 34.3 Å². The van der Waals surface area contributed by atoms with Gasteiger partial charge in [-0.3, -0.25) is 4.79 Å². The summed E-state index contributed by atoms with van der Waals surface area (Å²) in [4.78, 5) is 11.8. The zero-order chi connectivity index (χ0) is 11.0. The Morgan fingerprint density at radius 2 is 2.13 bits per heavy atom. The highest BCUT2D eigenvalue weighted by molar-refractivity contribution is 9.10. The van der Waals surface area contributed by atoms with Gasteiger partial charge in [0.15, 0.2) is 5.78 Å². The largest absolute Gasteiger partial charge is 0.495 e. The fourth-order valence-electron chi connectivity index (χ4n) is 2.22. The van der Waals surface area contributed by atoms with Crippen LogP contribution in [-0.2, 0) is 6.42 Å². The number of hydrogen-bond acceptors (Lipinski definition) is 2. The normalized spacial score (nSPS) is 15.0. The number of ether oxygens (including phenoxy) is 1. The molecule has 1 aromatic rings. The van der Waals surface area contributed by atoms with Crippen LogP contribution in [-0.4, -0.2) is 12.9 Å². The van der Waals surface area contributed by atoms with E-state index in [-0.39, 0.29) is 5.78 Å². The molecule has 0 N–H and O–H groups in total. The summed E-state index contributed by atoms with van der Waals surface area (Å²) in [6.07, 6.45) is 2.62. The van der Waals surface area contributed by atoms with E-state index < -0.39 is 0 Å². The monoisotopic (exact) mass is 268 g/mol. The Labute approximate surface area is 97.8 Å². The molecule has 0 radical (unpaired) electrons. The number of Topliss-reactive ketones (excluding diaryl/α,β-unsaturated/α-hetero) is 1. The summed E-state index contributed by atoms with van der Waals surface area (Å²) in [6, 6.07) is 2.01. The van der Waals surface area contributed by atoms with Gasteiger partial charge in [0.05, 0.1) is 11.6 Å². The molecule has 0 bridgehead atoms. The Morgan fingerprint density at radius 1 is 1.40 bits per heavy atom. The molecule has 1 aromatic carbocycles. The van der Waals surface area contributed by atoms with Crippen molar-refractivity contribution in [2.24, 2.45) is 0 Å². The number of benzene rings is 1. The minimum absolute atomic E-state index is 0.250. The van der Waals surface area contributed by atoms with Crippen LogP contribution in [0.4, 0.5) is 0 Å². The zero-order valence-electron chi connectivity index (χ0n) is 8.89. The quantitative estimate of drug-likeness (QED) is 0.782. The SMILES string of the molecule is COc1c(Br)cc2c(c1C)C(=O)CCC2. The summed E-state index contributed by atoms with van der Waals surface area (Å²) in [5, 5.41) is 0. The fourth-order valence-corrected chi connectivity index (χ4v) is 2.96. The fraction of sp³-hybridized carbons (Fsp3) is 0.417. The molecule has 80 valence electrons. The van der Waals surface area contributed by atoms with E-state index in [0.717, 1.165) is 39.8 Å². The lowest BCUT2D eigenvalue weighted by atomic mass is 9.87. The highest BCUT2D eigenvalue weighted by Crippen LogP contribution is 2.36. The highest BCUT2D eigenvalue weighted by atomic mass is 79.9. The molecular weight excluding hydrogens is 256 g/mol. The van der Waals surface area contributed by atoms with Crippen LogP contribution >= 0.6 is 15.9 Å². The molecule has 0 saturated carbocycles. The number of aryl methyl sites for hydroxylation is 1. The standard InChI is InChI=1S/C12H13BrO2/c1-7-11-8(4-3-5-10(11)14)6-9(13)12(7)15-2/h6H,3-5H2,1-2H3. The Bertz CT molecular complexity index is 424. The van der Waals surface area contributed by atoms with Crippen molar-refractivity contribution in [3.8, 4) is 5.75 Å². The maximum atomic E-state index is 11.8. The molecule has 2 nitrogen and oxygen atoms in total. The van der Waals surface area contributed by atoms with Crippen LogP contribution in [0.5, 0.6) is 5.75 Å². The van der Waals surface area contributed by atoms with E-state index in [0.29, 0.717) is 6.42 Å². The maximum Gasteiger partial charge on any atom is 0.163 e. The lowest BCUT2D eigenvalue weighted by Gasteiger charge is -2.20. The molecule has 0 unspecified atom stereocenters. The van der Waals surface area contributed by atoms with Crippen LogP contribution < -0.4 is 4.74 Å². The van der Waals surface area contributed by atoms with Gasteiger partial charge in [0.25, 0.3) is 0 Å². The molecule has 0 saturated heterocycles. The van der Waals surface area contributed by atoms with Crippen molar-refractivity contribution in [3.05, 3.63) is 27.2 Å². The van der Waals surface area contributed by atoms with Gasteiger partial charge in [-0.25, -0.2) is 0 Å². The molecule has 0 aromatic heterocycles. The van der Waals surface area contributed by atoms with Gasteiger partial charge in [0.2, 0.25) is 0 Å². The van der Waals surface area contributed by atoms with E-state index in [9.17, 15) is 4.79 Å². The first-order valence-electron chi connectivity index (χ1n) is 5.04. The van der Waals surface area contributed by atoms with Gasteiger partial charge < -0.3 is 4.74 Å². The number of carbonyl (C=O) groups is 1. The van der Waals surface area contributed by atoms with E-state index in [4.69, 9.17) is 4.74 Å². The topological polar surface area (TPSA) is 26.3 Å². The Kier molecular flexibility index (Phi) is 2.83.